The van der Waals surface area contributed by atoms with Gasteiger partial charge in [0.2, 0.25) is 0 Å². The molecule has 17 heavy (non-hydrogen) atoms. The first-order chi connectivity index (χ1) is 8.38. The molecule has 4 heteroatoms. The number of para-hydroxylation sites is 1. The summed E-state index contributed by atoms with van der Waals surface area (Å²) in [6, 6.07) is 9.81. The zero-order valence-electron chi connectivity index (χ0n) is 9.11. The van der Waals surface area contributed by atoms with Crippen molar-refractivity contribution in [2.24, 2.45) is 0 Å². The van der Waals surface area contributed by atoms with Crippen molar-refractivity contribution >= 4 is 10.9 Å². The average molecular weight is 225 g/mol. The van der Waals surface area contributed by atoms with Gasteiger partial charge >= 0.3 is 0 Å². The molecule has 4 nitrogen and oxygen atoms in total. The second-order valence-electron chi connectivity index (χ2n) is 3.79. The molecule has 2 heterocycles. The molecule has 3 aromatic rings. The van der Waals surface area contributed by atoms with Gasteiger partial charge in [0.05, 0.1) is 12.1 Å². The number of hydrogen-bond donors (Lipinski definition) is 1. The number of pyridine rings is 1. The lowest BCUT2D eigenvalue weighted by molar-refractivity contribution is 0.281. The Kier molecular flexibility index (Phi) is 2.34. The molecule has 0 aliphatic carbocycles. The summed E-state index contributed by atoms with van der Waals surface area (Å²) >= 11 is 0. The van der Waals surface area contributed by atoms with Crippen molar-refractivity contribution in [2.45, 2.75) is 6.61 Å². The Balaban J connectivity index is 2.29. The second-order valence-corrected chi connectivity index (χ2v) is 3.79. The Labute approximate surface area is 98.2 Å². The van der Waals surface area contributed by atoms with Crippen molar-refractivity contribution in [1.82, 2.24) is 14.5 Å². The van der Waals surface area contributed by atoms with Gasteiger partial charge in [-0.25, -0.2) is 9.97 Å². The van der Waals surface area contributed by atoms with Crippen molar-refractivity contribution in [1.29, 1.82) is 0 Å². The number of hydrogen-bond acceptors (Lipinski definition) is 3. The maximum absolute atomic E-state index is 9.40. The summed E-state index contributed by atoms with van der Waals surface area (Å²) in [6.45, 7) is -0.0364. The molecular formula is C13H11N3O. The predicted octanol–water partition coefficient (Wildman–Crippen LogP) is 1.91. The van der Waals surface area contributed by atoms with Gasteiger partial charge < -0.3 is 5.11 Å². The van der Waals surface area contributed by atoms with Gasteiger partial charge in [-0.15, -0.1) is 0 Å². The maximum Gasteiger partial charge on any atom is 0.144 e. The molecule has 0 saturated heterocycles. The van der Waals surface area contributed by atoms with E-state index in [1.165, 1.54) is 0 Å². The molecule has 1 aromatic carbocycles. The summed E-state index contributed by atoms with van der Waals surface area (Å²) < 4.78 is 1.80. The number of aliphatic hydroxyl groups excluding tert-OH is 1. The molecule has 0 amide bonds. The molecule has 0 atom stereocenters. The van der Waals surface area contributed by atoms with E-state index in [1.807, 2.05) is 36.5 Å². The van der Waals surface area contributed by atoms with Crippen LogP contribution in [0, 0.1) is 0 Å². The molecule has 0 saturated carbocycles. The summed E-state index contributed by atoms with van der Waals surface area (Å²) in [7, 11) is 0. The monoisotopic (exact) mass is 225 g/mol. The highest BCUT2D eigenvalue weighted by Gasteiger charge is 2.07. The summed E-state index contributed by atoms with van der Waals surface area (Å²) in [5.41, 5.74) is 1.70. The largest absolute Gasteiger partial charge is 0.392 e. The van der Waals surface area contributed by atoms with Crippen LogP contribution in [0.25, 0.3) is 16.7 Å². The lowest BCUT2D eigenvalue weighted by atomic mass is 10.1. The quantitative estimate of drug-likeness (QED) is 0.724. The van der Waals surface area contributed by atoms with Crippen LogP contribution in [-0.4, -0.2) is 19.6 Å². The van der Waals surface area contributed by atoms with E-state index in [0.29, 0.717) is 0 Å². The lowest BCUT2D eigenvalue weighted by Gasteiger charge is -2.08. The molecule has 84 valence electrons. The zero-order valence-corrected chi connectivity index (χ0v) is 9.11. The number of aliphatic hydroxyl groups is 1. The van der Waals surface area contributed by atoms with Crippen LogP contribution in [0.3, 0.4) is 0 Å². The van der Waals surface area contributed by atoms with Gasteiger partial charge in [0.25, 0.3) is 0 Å². The van der Waals surface area contributed by atoms with Crippen LogP contribution in [-0.2, 0) is 6.61 Å². The van der Waals surface area contributed by atoms with Crippen molar-refractivity contribution in [3.05, 3.63) is 54.6 Å². The van der Waals surface area contributed by atoms with Crippen molar-refractivity contribution in [3.8, 4) is 5.82 Å². The summed E-state index contributed by atoms with van der Waals surface area (Å²) in [5, 5.41) is 10.4. The van der Waals surface area contributed by atoms with E-state index >= 15 is 0 Å². The van der Waals surface area contributed by atoms with E-state index in [0.717, 1.165) is 22.3 Å². The number of benzene rings is 1. The van der Waals surface area contributed by atoms with Crippen LogP contribution in [0.1, 0.15) is 5.56 Å². The standard InChI is InChI=1S/C13H11N3O/c17-8-11-7-10-3-1-2-4-12(10)15-13(11)16-6-5-14-9-16/h1-7,9,17H,8H2. The predicted molar refractivity (Wildman–Crippen MR) is 64.8 cm³/mol. The minimum Gasteiger partial charge on any atom is -0.392 e. The van der Waals surface area contributed by atoms with Gasteiger partial charge in [-0.1, -0.05) is 18.2 Å². The van der Waals surface area contributed by atoms with Gasteiger partial charge in [0.1, 0.15) is 12.1 Å². The summed E-state index contributed by atoms with van der Waals surface area (Å²) in [5.74, 6) is 0.726. The highest BCUT2D eigenvalue weighted by Crippen LogP contribution is 2.19. The zero-order chi connectivity index (χ0) is 11.7. The third-order valence-electron chi connectivity index (χ3n) is 2.70. The topological polar surface area (TPSA) is 50.9 Å². The normalized spacial score (nSPS) is 10.9. The molecule has 0 aliphatic heterocycles. The molecular weight excluding hydrogens is 214 g/mol. The molecule has 2 aromatic heterocycles. The Bertz CT molecular complexity index is 647. The first kappa shape index (κ1) is 9.99. The Morgan fingerprint density at radius 2 is 2.12 bits per heavy atom. The smallest absolute Gasteiger partial charge is 0.144 e. The van der Waals surface area contributed by atoms with Gasteiger partial charge in [-0.2, -0.15) is 0 Å². The third-order valence-corrected chi connectivity index (χ3v) is 2.70. The maximum atomic E-state index is 9.40. The van der Waals surface area contributed by atoms with Crippen LogP contribution >= 0.6 is 0 Å². The van der Waals surface area contributed by atoms with Crippen LogP contribution in [0.5, 0.6) is 0 Å². The second kappa shape index (κ2) is 3.99. The number of rotatable bonds is 2. The highest BCUT2D eigenvalue weighted by molar-refractivity contribution is 5.80. The van der Waals surface area contributed by atoms with Crippen LogP contribution in [0.15, 0.2) is 49.1 Å². The van der Waals surface area contributed by atoms with Gasteiger partial charge in [-0.05, 0) is 12.1 Å². The van der Waals surface area contributed by atoms with E-state index < -0.39 is 0 Å². The number of nitrogens with zero attached hydrogens (tertiary/aromatic N) is 3. The summed E-state index contributed by atoms with van der Waals surface area (Å²) in [4.78, 5) is 8.55. The molecule has 0 aliphatic rings. The van der Waals surface area contributed by atoms with Crippen LogP contribution in [0.4, 0.5) is 0 Å². The fraction of sp³-hybridized carbons (Fsp3) is 0.0769. The number of aromatic nitrogens is 3. The average Bonchev–Trinajstić information content (AvgIpc) is 2.91. The molecule has 0 spiro atoms. The Morgan fingerprint density at radius 1 is 1.24 bits per heavy atom. The van der Waals surface area contributed by atoms with E-state index in [4.69, 9.17) is 0 Å². The van der Waals surface area contributed by atoms with Crippen molar-refractivity contribution < 1.29 is 5.11 Å². The molecule has 3 rings (SSSR count). The van der Waals surface area contributed by atoms with E-state index in [2.05, 4.69) is 9.97 Å². The molecule has 0 fully saturated rings. The third kappa shape index (κ3) is 1.68. The minimum absolute atomic E-state index is 0.0364. The summed E-state index contributed by atoms with van der Waals surface area (Å²) in [6.07, 6.45) is 5.19. The van der Waals surface area contributed by atoms with Gasteiger partial charge in [0, 0.05) is 23.3 Å². The Morgan fingerprint density at radius 3 is 2.88 bits per heavy atom. The molecule has 1 N–H and O–H groups in total. The number of fused-ring (bicyclic) bond motifs is 1. The van der Waals surface area contributed by atoms with Crippen molar-refractivity contribution in [3.63, 3.8) is 0 Å². The van der Waals surface area contributed by atoms with Gasteiger partial charge in [0.15, 0.2) is 0 Å². The first-order valence-corrected chi connectivity index (χ1v) is 5.36. The fourth-order valence-corrected chi connectivity index (χ4v) is 1.87. The van der Waals surface area contributed by atoms with E-state index in [-0.39, 0.29) is 6.61 Å². The van der Waals surface area contributed by atoms with E-state index in [1.54, 1.807) is 17.1 Å². The minimum atomic E-state index is -0.0364. The number of imidazole rings is 1. The Hall–Kier alpha value is -2.20. The fourth-order valence-electron chi connectivity index (χ4n) is 1.87. The van der Waals surface area contributed by atoms with E-state index in [9.17, 15) is 5.11 Å². The van der Waals surface area contributed by atoms with Crippen LogP contribution in [0.2, 0.25) is 0 Å². The first-order valence-electron chi connectivity index (χ1n) is 5.36. The van der Waals surface area contributed by atoms with Crippen LogP contribution < -0.4 is 0 Å². The van der Waals surface area contributed by atoms with Gasteiger partial charge in [-0.3, -0.25) is 4.57 Å². The SMILES string of the molecule is OCc1cc2ccccc2nc1-n1ccnc1. The lowest BCUT2D eigenvalue weighted by Crippen LogP contribution is -2.01. The molecule has 0 radical (unpaired) electrons. The molecule has 0 bridgehead atoms. The highest BCUT2D eigenvalue weighted by atomic mass is 16.3. The van der Waals surface area contributed by atoms with Crippen molar-refractivity contribution in [2.75, 3.05) is 0 Å². The molecule has 0 unspecified atom stereocenters.